The van der Waals surface area contributed by atoms with Gasteiger partial charge >= 0.3 is 0 Å². The number of benzene rings is 1. The first-order chi connectivity index (χ1) is 12.0. The summed E-state index contributed by atoms with van der Waals surface area (Å²) in [7, 11) is 0. The molecule has 1 fully saturated rings. The summed E-state index contributed by atoms with van der Waals surface area (Å²) in [6, 6.07) is 5.51. The number of rotatable bonds is 4. The normalized spacial score (nSPS) is 18.9. The zero-order valence-corrected chi connectivity index (χ0v) is 16.4. The average Bonchev–Trinajstić information content (AvgIpc) is 3.03. The number of nitrogens with zero attached hydrogens (tertiary/aromatic N) is 2. The Morgan fingerprint density at radius 1 is 1.40 bits per heavy atom. The second-order valence-corrected chi connectivity index (χ2v) is 7.87. The van der Waals surface area contributed by atoms with E-state index in [1.807, 2.05) is 43.2 Å². The highest BCUT2D eigenvalue weighted by atomic mass is 35.5. The highest BCUT2D eigenvalue weighted by Crippen LogP contribution is 2.33. The Morgan fingerprint density at radius 2 is 2.20 bits per heavy atom. The fourth-order valence-electron chi connectivity index (χ4n) is 3.20. The van der Waals surface area contributed by atoms with E-state index >= 15 is 0 Å². The van der Waals surface area contributed by atoms with Crippen molar-refractivity contribution in [3.8, 4) is 5.75 Å². The lowest BCUT2D eigenvalue weighted by Gasteiger charge is -2.36. The predicted octanol–water partition coefficient (Wildman–Crippen LogP) is 4.93. The molecule has 0 bridgehead atoms. The van der Waals surface area contributed by atoms with E-state index in [-0.39, 0.29) is 11.9 Å². The second-order valence-electron chi connectivity index (χ2n) is 6.54. The number of carbonyl (C=O) groups excluding carboxylic acids is 1. The summed E-state index contributed by atoms with van der Waals surface area (Å²) in [6.07, 6.45) is 2.57. The highest BCUT2D eigenvalue weighted by molar-refractivity contribution is 7.09. The molecule has 0 saturated carbocycles. The number of piperidine rings is 1. The van der Waals surface area contributed by atoms with Gasteiger partial charge in [-0.1, -0.05) is 11.6 Å². The molecule has 2 aromatic rings. The van der Waals surface area contributed by atoms with Gasteiger partial charge in [-0.05, 0) is 63.8 Å². The van der Waals surface area contributed by atoms with Crippen molar-refractivity contribution >= 4 is 28.8 Å². The molecule has 0 unspecified atom stereocenters. The van der Waals surface area contributed by atoms with Gasteiger partial charge in [0.25, 0.3) is 5.91 Å². The van der Waals surface area contributed by atoms with Crippen LogP contribution in [0, 0.1) is 13.8 Å². The van der Waals surface area contributed by atoms with Gasteiger partial charge in [0.15, 0.2) is 6.10 Å². The van der Waals surface area contributed by atoms with Crippen molar-refractivity contribution in [2.75, 3.05) is 6.54 Å². The fourth-order valence-corrected chi connectivity index (χ4v) is 4.37. The Bertz CT molecular complexity index is 762. The smallest absolute Gasteiger partial charge is 0.263 e. The summed E-state index contributed by atoms with van der Waals surface area (Å²) in [4.78, 5) is 19.6. The number of hydrogen-bond acceptors (Lipinski definition) is 4. The average molecular weight is 379 g/mol. The first kappa shape index (κ1) is 18.2. The summed E-state index contributed by atoms with van der Waals surface area (Å²) in [5, 5.41) is 3.74. The van der Waals surface area contributed by atoms with Crippen molar-refractivity contribution in [2.24, 2.45) is 0 Å². The molecule has 1 saturated heterocycles. The van der Waals surface area contributed by atoms with E-state index in [1.54, 1.807) is 17.4 Å². The molecule has 25 heavy (non-hydrogen) atoms. The zero-order valence-electron chi connectivity index (χ0n) is 14.8. The molecular formula is C19H23ClN2O2S. The van der Waals surface area contributed by atoms with Crippen LogP contribution in [0.25, 0.3) is 0 Å². The van der Waals surface area contributed by atoms with Crippen LogP contribution in [0.2, 0.25) is 5.02 Å². The number of likely N-dealkylation sites (tertiary alicyclic amines) is 1. The quantitative estimate of drug-likeness (QED) is 0.757. The van der Waals surface area contributed by atoms with E-state index in [0.717, 1.165) is 42.1 Å². The second kappa shape index (κ2) is 7.75. The van der Waals surface area contributed by atoms with Crippen LogP contribution in [0.5, 0.6) is 5.75 Å². The van der Waals surface area contributed by atoms with Gasteiger partial charge in [-0.15, -0.1) is 11.3 Å². The molecular weight excluding hydrogens is 356 g/mol. The molecule has 0 spiro atoms. The molecule has 1 aliphatic rings. The zero-order chi connectivity index (χ0) is 18.0. The third kappa shape index (κ3) is 4.15. The predicted molar refractivity (Wildman–Crippen MR) is 101 cm³/mol. The van der Waals surface area contributed by atoms with Gasteiger partial charge in [-0.2, -0.15) is 0 Å². The Morgan fingerprint density at radius 3 is 2.88 bits per heavy atom. The molecule has 1 aromatic heterocycles. The number of hydrogen-bond donors (Lipinski definition) is 0. The van der Waals surface area contributed by atoms with Gasteiger partial charge in [-0.25, -0.2) is 4.98 Å². The Balaban J connectivity index is 1.75. The molecule has 2 atom stereocenters. The number of amides is 1. The molecule has 1 amide bonds. The maximum Gasteiger partial charge on any atom is 0.263 e. The third-order valence-electron chi connectivity index (χ3n) is 4.50. The van der Waals surface area contributed by atoms with Gasteiger partial charge in [0.05, 0.1) is 6.04 Å². The van der Waals surface area contributed by atoms with Gasteiger partial charge < -0.3 is 9.64 Å². The van der Waals surface area contributed by atoms with Crippen LogP contribution in [0.15, 0.2) is 23.6 Å². The van der Waals surface area contributed by atoms with Crippen molar-refractivity contribution in [3.05, 3.63) is 44.9 Å². The molecule has 1 aliphatic heterocycles. The largest absolute Gasteiger partial charge is 0.481 e. The van der Waals surface area contributed by atoms with Crippen molar-refractivity contribution in [1.29, 1.82) is 0 Å². The summed E-state index contributed by atoms with van der Waals surface area (Å²) < 4.78 is 5.94. The van der Waals surface area contributed by atoms with Crippen molar-refractivity contribution < 1.29 is 9.53 Å². The Kier molecular flexibility index (Phi) is 5.64. The maximum absolute atomic E-state index is 13.0. The molecule has 0 N–H and O–H groups in total. The molecule has 0 radical (unpaired) electrons. The lowest BCUT2D eigenvalue weighted by atomic mass is 10.0. The van der Waals surface area contributed by atoms with E-state index in [9.17, 15) is 4.79 Å². The highest BCUT2D eigenvalue weighted by Gasteiger charge is 2.33. The van der Waals surface area contributed by atoms with E-state index in [0.29, 0.717) is 10.8 Å². The molecule has 3 rings (SSSR count). The van der Waals surface area contributed by atoms with Gasteiger partial charge in [0, 0.05) is 22.6 Å². The Hall–Kier alpha value is -1.59. The third-order valence-corrected chi connectivity index (χ3v) is 5.80. The van der Waals surface area contributed by atoms with Gasteiger partial charge in [-0.3, -0.25) is 4.79 Å². The standard InChI is InChI=1S/C19H23ClN2O2S/c1-12-10-15(20)7-8-17(12)24-14(3)19(23)22-9-5-4-6-16(22)18-21-13(2)11-25-18/h7-8,10-11,14,16H,4-6,9H2,1-3H3/t14-,16+/m1/s1. The summed E-state index contributed by atoms with van der Waals surface area (Å²) in [5.74, 6) is 0.718. The van der Waals surface area contributed by atoms with Crippen molar-refractivity contribution in [2.45, 2.75) is 52.2 Å². The van der Waals surface area contributed by atoms with Crippen molar-refractivity contribution in [1.82, 2.24) is 9.88 Å². The summed E-state index contributed by atoms with van der Waals surface area (Å²) in [6.45, 7) is 6.50. The van der Waals surface area contributed by atoms with Crippen LogP contribution >= 0.6 is 22.9 Å². The van der Waals surface area contributed by atoms with E-state index in [4.69, 9.17) is 16.3 Å². The Labute approximate surface area is 157 Å². The SMILES string of the molecule is Cc1csc([C@@H]2CCCCN2C(=O)[C@@H](C)Oc2ccc(Cl)cc2C)n1. The van der Waals surface area contributed by atoms with Gasteiger partial charge in [0.1, 0.15) is 10.8 Å². The van der Waals surface area contributed by atoms with Crippen molar-refractivity contribution in [3.63, 3.8) is 0 Å². The van der Waals surface area contributed by atoms with E-state index < -0.39 is 6.10 Å². The van der Waals surface area contributed by atoms with Crippen LogP contribution < -0.4 is 4.74 Å². The van der Waals surface area contributed by atoms with Crippen LogP contribution in [0.4, 0.5) is 0 Å². The number of ether oxygens (including phenoxy) is 1. The van der Waals surface area contributed by atoms with E-state index in [2.05, 4.69) is 4.98 Å². The first-order valence-electron chi connectivity index (χ1n) is 8.61. The van der Waals surface area contributed by atoms with E-state index in [1.165, 1.54) is 0 Å². The minimum Gasteiger partial charge on any atom is -0.481 e. The number of carbonyl (C=O) groups is 1. The topological polar surface area (TPSA) is 42.4 Å². The maximum atomic E-state index is 13.0. The number of halogens is 1. The van der Waals surface area contributed by atoms with Crippen LogP contribution in [0.1, 0.15) is 48.5 Å². The molecule has 1 aromatic carbocycles. The first-order valence-corrected chi connectivity index (χ1v) is 9.87. The molecule has 6 heteroatoms. The van der Waals surface area contributed by atoms with Crippen LogP contribution in [-0.2, 0) is 4.79 Å². The van der Waals surface area contributed by atoms with Crippen LogP contribution in [-0.4, -0.2) is 28.4 Å². The number of aromatic nitrogens is 1. The lowest BCUT2D eigenvalue weighted by Crippen LogP contribution is -2.45. The minimum atomic E-state index is -0.540. The summed E-state index contributed by atoms with van der Waals surface area (Å²) >= 11 is 7.63. The van der Waals surface area contributed by atoms with Crippen LogP contribution in [0.3, 0.4) is 0 Å². The molecule has 0 aliphatic carbocycles. The lowest BCUT2D eigenvalue weighted by molar-refractivity contribution is -0.142. The number of thiazole rings is 1. The number of aryl methyl sites for hydroxylation is 2. The fraction of sp³-hybridized carbons (Fsp3) is 0.474. The van der Waals surface area contributed by atoms with Gasteiger partial charge in [0.2, 0.25) is 0 Å². The summed E-state index contributed by atoms with van der Waals surface area (Å²) in [5.41, 5.74) is 1.94. The molecule has 134 valence electrons. The monoisotopic (exact) mass is 378 g/mol. The molecule has 2 heterocycles. The molecule has 4 nitrogen and oxygen atoms in total. The minimum absolute atomic E-state index is 0.0203.